The van der Waals surface area contributed by atoms with Crippen LogP contribution in [0.15, 0.2) is 0 Å². The highest BCUT2D eigenvalue weighted by Crippen LogP contribution is 2.29. The van der Waals surface area contributed by atoms with Crippen LogP contribution in [0.3, 0.4) is 0 Å². The van der Waals surface area contributed by atoms with Crippen LogP contribution >= 0.6 is 0 Å². The molecule has 0 aromatic carbocycles. The van der Waals surface area contributed by atoms with Crippen molar-refractivity contribution in [3.63, 3.8) is 0 Å². The van der Waals surface area contributed by atoms with Gasteiger partial charge >= 0.3 is 5.97 Å². The van der Waals surface area contributed by atoms with E-state index in [1.54, 1.807) is 0 Å². The van der Waals surface area contributed by atoms with E-state index in [0.717, 1.165) is 19.1 Å². The molecule has 0 bridgehead atoms. The Hall–Kier alpha value is -0.900. The third kappa shape index (κ3) is 2.28. The quantitative estimate of drug-likeness (QED) is 0.485. The van der Waals surface area contributed by atoms with Crippen molar-refractivity contribution in [1.82, 2.24) is 5.32 Å². The Morgan fingerprint density at radius 2 is 2.08 bits per heavy atom. The maximum absolute atomic E-state index is 11.0. The fourth-order valence-corrected chi connectivity index (χ4v) is 1.82. The van der Waals surface area contributed by atoms with Crippen LogP contribution in [0, 0.1) is 0 Å². The summed E-state index contributed by atoms with van der Waals surface area (Å²) in [6.07, 6.45) is 4.47. The molecule has 2 N–H and O–H groups in total. The lowest BCUT2D eigenvalue weighted by molar-refractivity contribution is -0.144. The Morgan fingerprint density at radius 3 is 2.54 bits per heavy atom. The van der Waals surface area contributed by atoms with Crippen LogP contribution in [0.25, 0.3) is 0 Å². The first-order valence-electron chi connectivity index (χ1n) is 4.63. The Kier molecular flexibility index (Phi) is 3.42. The highest BCUT2D eigenvalue weighted by molar-refractivity contribution is 5.79. The second kappa shape index (κ2) is 4.37. The van der Waals surface area contributed by atoms with Gasteiger partial charge in [0.25, 0.3) is 0 Å². The molecule has 0 aromatic rings. The first-order chi connectivity index (χ1) is 6.21. The average Bonchev–Trinajstić information content (AvgIpc) is 2.55. The molecule has 1 fully saturated rings. The topological polar surface area (TPSA) is 66.4 Å². The minimum atomic E-state index is -0.782. The summed E-state index contributed by atoms with van der Waals surface area (Å²) in [5.41, 5.74) is -0.747. The van der Waals surface area contributed by atoms with E-state index >= 15 is 0 Å². The zero-order valence-electron chi connectivity index (χ0n) is 7.58. The van der Waals surface area contributed by atoms with Gasteiger partial charge in [0.2, 0.25) is 0 Å². The normalized spacial score (nSPS) is 20.0. The molecule has 0 amide bonds. The van der Waals surface area contributed by atoms with Crippen LogP contribution in [0.1, 0.15) is 32.1 Å². The fourth-order valence-electron chi connectivity index (χ4n) is 1.82. The van der Waals surface area contributed by atoms with E-state index in [-0.39, 0.29) is 0 Å². The number of carboxylic acids is 1. The number of hydrogen-bond acceptors (Lipinski definition) is 3. The first kappa shape index (κ1) is 10.2. The summed E-state index contributed by atoms with van der Waals surface area (Å²) in [5.74, 6) is -0.782. The molecule has 1 rings (SSSR count). The smallest absolute Gasteiger partial charge is 0.323 e. The van der Waals surface area contributed by atoms with Crippen LogP contribution in [-0.4, -0.2) is 29.4 Å². The summed E-state index contributed by atoms with van der Waals surface area (Å²) in [6.45, 7) is 0.468. The zero-order chi connectivity index (χ0) is 9.73. The molecular formula is C9H15NO3. The summed E-state index contributed by atoms with van der Waals surface area (Å²) in [7, 11) is 0. The largest absolute Gasteiger partial charge is 0.480 e. The van der Waals surface area contributed by atoms with Gasteiger partial charge < -0.3 is 15.2 Å². The Labute approximate surface area is 77.3 Å². The number of rotatable bonds is 5. The lowest BCUT2D eigenvalue weighted by atomic mass is 9.98. The number of nitrogens with one attached hydrogen (secondary N) is 1. The minimum Gasteiger partial charge on any atom is -0.480 e. The Morgan fingerprint density at radius 1 is 1.46 bits per heavy atom. The van der Waals surface area contributed by atoms with E-state index in [1.807, 2.05) is 0 Å². The summed E-state index contributed by atoms with van der Waals surface area (Å²) >= 11 is 0. The van der Waals surface area contributed by atoms with Gasteiger partial charge in [-0.15, -0.1) is 0 Å². The predicted molar refractivity (Wildman–Crippen MR) is 47.5 cm³/mol. The Bertz CT molecular complexity index is 197. The molecule has 1 aliphatic carbocycles. The maximum Gasteiger partial charge on any atom is 0.323 e. The van der Waals surface area contributed by atoms with Gasteiger partial charge in [0, 0.05) is 13.0 Å². The van der Waals surface area contributed by atoms with Crippen molar-refractivity contribution < 1.29 is 14.7 Å². The van der Waals surface area contributed by atoms with Crippen molar-refractivity contribution >= 4 is 12.3 Å². The molecule has 0 aromatic heterocycles. The number of carbonyl (C=O) groups is 2. The van der Waals surface area contributed by atoms with E-state index in [4.69, 9.17) is 5.11 Å². The van der Waals surface area contributed by atoms with Crippen LogP contribution in [0.5, 0.6) is 0 Å². The third-order valence-corrected chi connectivity index (χ3v) is 2.59. The second-order valence-corrected chi connectivity index (χ2v) is 3.48. The average molecular weight is 185 g/mol. The van der Waals surface area contributed by atoms with Gasteiger partial charge in [-0.3, -0.25) is 4.79 Å². The maximum atomic E-state index is 11.0. The van der Waals surface area contributed by atoms with E-state index in [9.17, 15) is 9.59 Å². The molecular weight excluding hydrogens is 170 g/mol. The summed E-state index contributed by atoms with van der Waals surface area (Å²) in [6, 6.07) is 0. The van der Waals surface area contributed by atoms with Crippen molar-refractivity contribution in [1.29, 1.82) is 0 Å². The number of carbonyl (C=O) groups excluding carboxylic acids is 1. The number of hydrogen-bond donors (Lipinski definition) is 2. The van der Waals surface area contributed by atoms with Crippen molar-refractivity contribution in [3.05, 3.63) is 0 Å². The third-order valence-electron chi connectivity index (χ3n) is 2.59. The second-order valence-electron chi connectivity index (χ2n) is 3.48. The van der Waals surface area contributed by atoms with Gasteiger partial charge in [-0.25, -0.2) is 0 Å². The number of aliphatic carboxylic acids is 1. The summed E-state index contributed by atoms with van der Waals surface area (Å²) < 4.78 is 0. The van der Waals surface area contributed by atoms with E-state index in [1.165, 1.54) is 0 Å². The fraction of sp³-hybridized carbons (Fsp3) is 0.778. The standard InChI is InChI=1S/C9H15NO3/c11-7-3-6-10-9(8(12)13)4-1-2-5-9/h7,10H,1-6H2,(H,12,13). The van der Waals surface area contributed by atoms with Crippen molar-refractivity contribution in [3.8, 4) is 0 Å². The van der Waals surface area contributed by atoms with E-state index in [2.05, 4.69) is 5.32 Å². The SMILES string of the molecule is O=CCCNC1(C(=O)O)CCCC1. The highest BCUT2D eigenvalue weighted by Gasteiger charge is 2.40. The molecule has 0 unspecified atom stereocenters. The van der Waals surface area contributed by atoms with Crippen LogP contribution in [-0.2, 0) is 9.59 Å². The van der Waals surface area contributed by atoms with Crippen LogP contribution in [0.4, 0.5) is 0 Å². The molecule has 0 radical (unpaired) electrons. The first-order valence-corrected chi connectivity index (χ1v) is 4.63. The molecule has 0 spiro atoms. The molecule has 1 aliphatic rings. The minimum absolute atomic E-state index is 0.384. The molecule has 74 valence electrons. The van der Waals surface area contributed by atoms with Gasteiger partial charge in [0.05, 0.1) is 0 Å². The van der Waals surface area contributed by atoms with E-state index in [0.29, 0.717) is 25.8 Å². The monoisotopic (exact) mass is 185 g/mol. The summed E-state index contributed by atoms with van der Waals surface area (Å²) in [4.78, 5) is 21.0. The van der Waals surface area contributed by atoms with Gasteiger partial charge in [0.1, 0.15) is 11.8 Å². The van der Waals surface area contributed by atoms with Crippen LogP contribution < -0.4 is 5.32 Å². The lowest BCUT2D eigenvalue weighted by Crippen LogP contribution is -2.50. The van der Waals surface area contributed by atoms with Gasteiger partial charge in [-0.2, -0.15) is 0 Å². The molecule has 4 nitrogen and oxygen atoms in total. The molecule has 0 heterocycles. The van der Waals surface area contributed by atoms with Gasteiger partial charge in [0.15, 0.2) is 0 Å². The number of carboxylic acid groups (broad SMARTS) is 1. The lowest BCUT2D eigenvalue weighted by Gasteiger charge is -2.24. The molecule has 0 saturated heterocycles. The molecule has 0 atom stereocenters. The van der Waals surface area contributed by atoms with Crippen molar-refractivity contribution in [2.45, 2.75) is 37.6 Å². The summed E-state index contributed by atoms with van der Waals surface area (Å²) in [5, 5.41) is 12.0. The van der Waals surface area contributed by atoms with Gasteiger partial charge in [-0.05, 0) is 12.8 Å². The van der Waals surface area contributed by atoms with Gasteiger partial charge in [-0.1, -0.05) is 12.8 Å². The molecule has 13 heavy (non-hydrogen) atoms. The Balaban J connectivity index is 2.47. The number of aldehydes is 1. The molecule has 1 saturated carbocycles. The van der Waals surface area contributed by atoms with Crippen molar-refractivity contribution in [2.24, 2.45) is 0 Å². The highest BCUT2D eigenvalue weighted by atomic mass is 16.4. The van der Waals surface area contributed by atoms with E-state index < -0.39 is 11.5 Å². The van der Waals surface area contributed by atoms with Crippen molar-refractivity contribution in [2.75, 3.05) is 6.54 Å². The molecule has 4 heteroatoms. The predicted octanol–water partition coefficient (Wildman–Crippen LogP) is 0.562. The van der Waals surface area contributed by atoms with Crippen LogP contribution in [0.2, 0.25) is 0 Å². The molecule has 0 aliphatic heterocycles. The zero-order valence-corrected chi connectivity index (χ0v) is 7.58.